The van der Waals surface area contributed by atoms with Crippen LogP contribution in [0.2, 0.25) is 0 Å². The summed E-state index contributed by atoms with van der Waals surface area (Å²) in [4.78, 5) is 37.7. The van der Waals surface area contributed by atoms with E-state index in [1.165, 1.54) is 4.90 Å². The highest BCUT2D eigenvalue weighted by atomic mass is 32.3. The van der Waals surface area contributed by atoms with Crippen LogP contribution in [0.3, 0.4) is 0 Å². The van der Waals surface area contributed by atoms with Gasteiger partial charge in [-0.2, -0.15) is 8.42 Å². The van der Waals surface area contributed by atoms with E-state index in [-0.39, 0.29) is 12.5 Å². The molecule has 1 aromatic rings. The van der Waals surface area contributed by atoms with Crippen LogP contribution in [0.1, 0.15) is 38.7 Å². The molecule has 0 unspecified atom stereocenters. The Morgan fingerprint density at radius 1 is 1.22 bits per heavy atom. The zero-order chi connectivity index (χ0) is 24.3. The van der Waals surface area contributed by atoms with Crippen LogP contribution >= 0.6 is 0 Å². The molecule has 0 aromatic heterocycles. The molecule has 0 saturated carbocycles. The number of nitrogens with one attached hydrogen (secondary N) is 1. The zero-order valence-electron chi connectivity index (χ0n) is 18.0. The third-order valence-corrected chi connectivity index (χ3v) is 4.78. The molecule has 1 aliphatic heterocycles. The fraction of sp³-hybridized carbons (Fsp3) is 0.550. The number of rotatable bonds is 9. The first-order valence-electron chi connectivity index (χ1n) is 10.1. The molecule has 0 spiro atoms. The number of benzene rings is 1. The summed E-state index contributed by atoms with van der Waals surface area (Å²) < 4.78 is 36.7. The molecule has 4 N–H and O–H groups in total. The fourth-order valence-corrected chi connectivity index (χ4v) is 3.38. The van der Waals surface area contributed by atoms with Crippen LogP contribution in [0.5, 0.6) is 0 Å². The van der Waals surface area contributed by atoms with Crippen LogP contribution in [-0.2, 0) is 35.9 Å². The Kier molecular flexibility index (Phi) is 11.3. The molecule has 0 radical (unpaired) electrons. The van der Waals surface area contributed by atoms with Gasteiger partial charge in [0.25, 0.3) is 0 Å². The van der Waals surface area contributed by atoms with E-state index in [1.807, 2.05) is 30.3 Å². The first-order chi connectivity index (χ1) is 14.9. The topological polar surface area (TPSA) is 171 Å². The SMILES string of the molecule is CCOC(=O)[C@H](CCc1ccccc1)N[C@@H](C)C(=O)N1CCC[C@H]1C(=O)O.O=S(=O)(O)O. The van der Waals surface area contributed by atoms with Crippen molar-refractivity contribution in [3.63, 3.8) is 0 Å². The molecule has 3 atom stereocenters. The highest BCUT2D eigenvalue weighted by Crippen LogP contribution is 2.19. The molecule has 1 saturated heterocycles. The van der Waals surface area contributed by atoms with Gasteiger partial charge in [-0.25, -0.2) is 4.79 Å². The van der Waals surface area contributed by atoms with Crippen LogP contribution in [0.4, 0.5) is 0 Å². The molecule has 1 heterocycles. The first-order valence-corrected chi connectivity index (χ1v) is 11.5. The molecule has 180 valence electrons. The van der Waals surface area contributed by atoms with Gasteiger partial charge in [-0.15, -0.1) is 0 Å². The second-order valence-corrected chi connectivity index (χ2v) is 8.09. The third-order valence-electron chi connectivity index (χ3n) is 4.78. The molecule has 0 aliphatic carbocycles. The monoisotopic (exact) mass is 474 g/mol. The summed E-state index contributed by atoms with van der Waals surface area (Å²) in [6.45, 7) is 4.09. The molecule has 1 fully saturated rings. The number of esters is 1. The minimum absolute atomic E-state index is 0.262. The van der Waals surface area contributed by atoms with Crippen molar-refractivity contribution in [3.05, 3.63) is 35.9 Å². The van der Waals surface area contributed by atoms with Crippen molar-refractivity contribution in [1.82, 2.24) is 10.2 Å². The van der Waals surface area contributed by atoms with E-state index in [0.29, 0.717) is 32.2 Å². The molecule has 1 aromatic carbocycles. The van der Waals surface area contributed by atoms with E-state index >= 15 is 0 Å². The van der Waals surface area contributed by atoms with Crippen LogP contribution in [0.25, 0.3) is 0 Å². The Hall–Kier alpha value is -2.54. The van der Waals surface area contributed by atoms with E-state index in [4.69, 9.17) is 22.3 Å². The van der Waals surface area contributed by atoms with E-state index < -0.39 is 40.5 Å². The van der Waals surface area contributed by atoms with Crippen molar-refractivity contribution in [2.75, 3.05) is 13.2 Å². The Morgan fingerprint density at radius 3 is 2.34 bits per heavy atom. The lowest BCUT2D eigenvalue weighted by Crippen LogP contribution is -2.53. The summed E-state index contributed by atoms with van der Waals surface area (Å²) in [6.07, 6.45) is 2.29. The molecule has 1 aliphatic rings. The number of aliphatic carboxylic acids is 1. The molecule has 32 heavy (non-hydrogen) atoms. The standard InChI is InChI=1S/C20H28N2O5.H2O4S/c1-3-27-20(26)16(12-11-15-8-5-4-6-9-15)21-14(2)18(23)22-13-7-10-17(22)19(24)25;1-5(2,3)4/h4-6,8-9,14,16-17,21H,3,7,10-13H2,1-2H3,(H,24,25);(H2,1,2,3,4)/t14-,16-,17-;/m0./s1. The number of hydrogen-bond donors (Lipinski definition) is 4. The summed E-state index contributed by atoms with van der Waals surface area (Å²) in [5.74, 6) is -1.68. The van der Waals surface area contributed by atoms with Gasteiger partial charge in [0, 0.05) is 6.54 Å². The van der Waals surface area contributed by atoms with Crippen molar-refractivity contribution in [1.29, 1.82) is 0 Å². The number of nitrogens with zero attached hydrogens (tertiary/aromatic N) is 1. The Balaban J connectivity index is 0.000000920. The maximum Gasteiger partial charge on any atom is 0.394 e. The van der Waals surface area contributed by atoms with Crippen molar-refractivity contribution in [2.45, 2.75) is 57.7 Å². The van der Waals surface area contributed by atoms with E-state index in [9.17, 15) is 19.5 Å². The number of hydrogen-bond acceptors (Lipinski definition) is 7. The van der Waals surface area contributed by atoms with E-state index in [2.05, 4.69) is 5.32 Å². The van der Waals surface area contributed by atoms with E-state index in [0.717, 1.165) is 5.56 Å². The van der Waals surface area contributed by atoms with Crippen molar-refractivity contribution >= 4 is 28.2 Å². The summed E-state index contributed by atoms with van der Waals surface area (Å²) in [7, 11) is -4.67. The van der Waals surface area contributed by atoms with Crippen molar-refractivity contribution in [3.8, 4) is 0 Å². The van der Waals surface area contributed by atoms with Gasteiger partial charge in [-0.05, 0) is 45.1 Å². The summed E-state index contributed by atoms with van der Waals surface area (Å²) >= 11 is 0. The highest BCUT2D eigenvalue weighted by Gasteiger charge is 2.36. The van der Waals surface area contributed by atoms with Gasteiger partial charge in [0.15, 0.2) is 0 Å². The lowest BCUT2D eigenvalue weighted by Gasteiger charge is -2.27. The zero-order valence-corrected chi connectivity index (χ0v) is 18.8. The van der Waals surface area contributed by atoms with Crippen LogP contribution in [0.15, 0.2) is 30.3 Å². The average molecular weight is 475 g/mol. The second kappa shape index (κ2) is 13.1. The Morgan fingerprint density at radius 2 is 1.81 bits per heavy atom. The van der Waals surface area contributed by atoms with Gasteiger partial charge >= 0.3 is 22.3 Å². The van der Waals surface area contributed by atoms with Gasteiger partial charge in [-0.3, -0.25) is 24.0 Å². The highest BCUT2D eigenvalue weighted by molar-refractivity contribution is 7.79. The molecule has 0 bridgehead atoms. The molecule has 12 heteroatoms. The van der Waals surface area contributed by atoms with Gasteiger partial charge in [0.1, 0.15) is 12.1 Å². The lowest BCUT2D eigenvalue weighted by atomic mass is 10.0. The number of carbonyl (C=O) groups excluding carboxylic acids is 2. The average Bonchev–Trinajstić information content (AvgIpc) is 3.20. The number of carbonyl (C=O) groups is 3. The van der Waals surface area contributed by atoms with Gasteiger partial charge < -0.3 is 14.7 Å². The summed E-state index contributed by atoms with van der Waals surface area (Å²) in [6, 6.07) is 7.69. The molecular formula is C20H30N2O9S. The minimum Gasteiger partial charge on any atom is -0.480 e. The quantitative estimate of drug-likeness (QED) is 0.298. The molecular weight excluding hydrogens is 444 g/mol. The largest absolute Gasteiger partial charge is 0.480 e. The lowest BCUT2D eigenvalue weighted by molar-refractivity contribution is -0.150. The summed E-state index contributed by atoms with van der Waals surface area (Å²) in [5, 5.41) is 12.3. The number of carboxylic acid groups (broad SMARTS) is 1. The van der Waals surface area contributed by atoms with Gasteiger partial charge in [-0.1, -0.05) is 30.3 Å². The second-order valence-electron chi connectivity index (χ2n) is 7.19. The van der Waals surface area contributed by atoms with Gasteiger partial charge in [0.2, 0.25) is 5.91 Å². The summed E-state index contributed by atoms with van der Waals surface area (Å²) in [5.41, 5.74) is 1.10. The predicted molar refractivity (Wildman–Crippen MR) is 114 cm³/mol. The number of amides is 1. The van der Waals surface area contributed by atoms with Gasteiger partial charge in [0.05, 0.1) is 12.6 Å². The number of aryl methyl sites for hydroxylation is 1. The molecule has 1 amide bonds. The van der Waals surface area contributed by atoms with Crippen LogP contribution in [0, 0.1) is 0 Å². The fourth-order valence-electron chi connectivity index (χ4n) is 3.38. The molecule has 2 rings (SSSR count). The Labute approximate surface area is 187 Å². The Bertz CT molecular complexity index is 853. The first kappa shape index (κ1) is 27.5. The number of ether oxygens (including phenoxy) is 1. The third kappa shape index (κ3) is 10.2. The maximum absolute atomic E-state index is 12.7. The van der Waals surface area contributed by atoms with Crippen LogP contribution < -0.4 is 5.32 Å². The number of carboxylic acids is 1. The smallest absolute Gasteiger partial charge is 0.394 e. The predicted octanol–water partition coefficient (Wildman–Crippen LogP) is 0.952. The van der Waals surface area contributed by atoms with E-state index in [1.54, 1.807) is 13.8 Å². The van der Waals surface area contributed by atoms with Crippen molar-refractivity contribution in [2.24, 2.45) is 0 Å². The maximum atomic E-state index is 12.7. The number of likely N-dealkylation sites (tertiary alicyclic amines) is 1. The molecule has 11 nitrogen and oxygen atoms in total. The van der Waals surface area contributed by atoms with Crippen molar-refractivity contribution < 1.29 is 41.8 Å². The van der Waals surface area contributed by atoms with Crippen LogP contribution in [-0.4, -0.2) is 76.7 Å². The normalized spacial score (nSPS) is 17.6. The minimum atomic E-state index is -4.67.